The lowest BCUT2D eigenvalue weighted by atomic mass is 10.2. The van der Waals surface area contributed by atoms with E-state index < -0.39 is 6.36 Å². The summed E-state index contributed by atoms with van der Waals surface area (Å²) in [6.07, 6.45) is -4.63. The van der Waals surface area contributed by atoms with Crippen LogP contribution in [0.1, 0.15) is 17.7 Å². The normalized spacial score (nSPS) is 13.8. The summed E-state index contributed by atoms with van der Waals surface area (Å²) >= 11 is 4.15. The van der Waals surface area contributed by atoms with Crippen LogP contribution in [0.5, 0.6) is 5.75 Å². The molecule has 0 N–H and O–H groups in total. The Bertz CT molecular complexity index is 292. The van der Waals surface area contributed by atoms with Gasteiger partial charge in [0.1, 0.15) is 5.75 Å². The molecule has 14 heavy (non-hydrogen) atoms. The number of halogens is 3. The summed E-state index contributed by atoms with van der Waals surface area (Å²) in [6, 6.07) is 5.66. The second-order valence-electron chi connectivity index (χ2n) is 2.79. The van der Waals surface area contributed by atoms with Crippen LogP contribution in [0.4, 0.5) is 13.2 Å². The first-order valence-electron chi connectivity index (χ1n) is 3.92. The Kier molecular flexibility index (Phi) is 3.31. The van der Waals surface area contributed by atoms with Crippen LogP contribution in [0.2, 0.25) is 0 Å². The minimum absolute atomic E-state index is 0.00469. The molecular weight excluding hydrogens is 213 g/mol. The molecule has 0 amide bonds. The molecule has 0 saturated heterocycles. The van der Waals surface area contributed by atoms with Gasteiger partial charge in [-0.2, -0.15) is 12.6 Å². The molecule has 1 atom stereocenters. The highest BCUT2D eigenvalue weighted by Crippen LogP contribution is 2.25. The lowest BCUT2D eigenvalue weighted by Gasteiger charge is -2.10. The van der Waals surface area contributed by atoms with Gasteiger partial charge >= 0.3 is 6.36 Å². The number of alkyl halides is 3. The van der Waals surface area contributed by atoms with Crippen LogP contribution in [0.25, 0.3) is 0 Å². The zero-order valence-corrected chi connectivity index (χ0v) is 8.27. The van der Waals surface area contributed by atoms with Crippen LogP contribution in [0.15, 0.2) is 24.3 Å². The Morgan fingerprint density at radius 2 is 1.71 bits per heavy atom. The van der Waals surface area contributed by atoms with Crippen molar-refractivity contribution in [3.8, 4) is 5.75 Å². The van der Waals surface area contributed by atoms with Crippen LogP contribution >= 0.6 is 12.6 Å². The van der Waals surface area contributed by atoms with Crippen molar-refractivity contribution in [1.29, 1.82) is 0 Å². The van der Waals surface area contributed by atoms with Gasteiger partial charge in [0.25, 0.3) is 0 Å². The van der Waals surface area contributed by atoms with Gasteiger partial charge in [-0.1, -0.05) is 12.1 Å². The predicted molar refractivity (Wildman–Crippen MR) is 50.5 cm³/mol. The molecule has 0 saturated carbocycles. The molecule has 1 unspecified atom stereocenters. The number of hydrogen-bond donors (Lipinski definition) is 1. The minimum Gasteiger partial charge on any atom is -0.406 e. The van der Waals surface area contributed by atoms with Crippen LogP contribution in [-0.4, -0.2) is 6.36 Å². The SMILES string of the molecule is CC(S)c1ccc(OC(F)(F)F)cc1. The number of ether oxygens (including phenoxy) is 1. The predicted octanol–water partition coefficient (Wildman–Crippen LogP) is 3.58. The van der Waals surface area contributed by atoms with Gasteiger partial charge in [0.15, 0.2) is 0 Å². The standard InChI is InChI=1S/C9H9F3OS/c1-6(14)7-2-4-8(5-3-7)13-9(10,11)12/h2-6,14H,1H3. The molecule has 0 fully saturated rings. The molecule has 0 aliphatic heterocycles. The third-order valence-corrected chi connectivity index (χ3v) is 1.89. The number of rotatable bonds is 2. The monoisotopic (exact) mass is 222 g/mol. The lowest BCUT2D eigenvalue weighted by molar-refractivity contribution is -0.274. The fraction of sp³-hybridized carbons (Fsp3) is 0.333. The highest BCUT2D eigenvalue weighted by atomic mass is 32.1. The summed E-state index contributed by atoms with van der Waals surface area (Å²) in [5, 5.41) is -0.00469. The van der Waals surface area contributed by atoms with Crippen molar-refractivity contribution in [3.63, 3.8) is 0 Å². The van der Waals surface area contributed by atoms with Crippen LogP contribution in [0.3, 0.4) is 0 Å². The fourth-order valence-corrected chi connectivity index (χ4v) is 1.12. The summed E-state index contributed by atoms with van der Waals surface area (Å²) in [5.41, 5.74) is 0.850. The van der Waals surface area contributed by atoms with Crippen molar-refractivity contribution in [2.24, 2.45) is 0 Å². The van der Waals surface area contributed by atoms with Gasteiger partial charge in [-0.25, -0.2) is 0 Å². The maximum Gasteiger partial charge on any atom is 0.573 e. The quantitative estimate of drug-likeness (QED) is 0.752. The number of benzene rings is 1. The van der Waals surface area contributed by atoms with Gasteiger partial charge < -0.3 is 4.74 Å². The Balaban J connectivity index is 2.74. The second kappa shape index (κ2) is 4.13. The molecule has 1 aromatic rings. The third kappa shape index (κ3) is 3.49. The summed E-state index contributed by atoms with van der Waals surface area (Å²) in [6.45, 7) is 1.84. The summed E-state index contributed by atoms with van der Waals surface area (Å²) in [7, 11) is 0. The molecule has 1 aromatic carbocycles. The summed E-state index contributed by atoms with van der Waals surface area (Å²) in [4.78, 5) is 0. The van der Waals surface area contributed by atoms with E-state index in [2.05, 4.69) is 17.4 Å². The van der Waals surface area contributed by atoms with E-state index in [1.165, 1.54) is 12.1 Å². The highest BCUT2D eigenvalue weighted by Gasteiger charge is 2.30. The van der Waals surface area contributed by atoms with E-state index in [0.717, 1.165) is 5.56 Å². The topological polar surface area (TPSA) is 9.23 Å². The van der Waals surface area contributed by atoms with E-state index in [4.69, 9.17) is 0 Å². The van der Waals surface area contributed by atoms with Gasteiger partial charge in [0.05, 0.1) is 0 Å². The van der Waals surface area contributed by atoms with E-state index in [1.54, 1.807) is 12.1 Å². The van der Waals surface area contributed by atoms with Crippen molar-refractivity contribution >= 4 is 12.6 Å². The van der Waals surface area contributed by atoms with Crippen molar-refractivity contribution in [2.45, 2.75) is 18.5 Å². The smallest absolute Gasteiger partial charge is 0.406 e. The van der Waals surface area contributed by atoms with E-state index in [9.17, 15) is 13.2 Å². The molecule has 1 rings (SSSR count). The summed E-state index contributed by atoms with van der Waals surface area (Å²) < 4.78 is 39.0. The first-order chi connectivity index (χ1) is 6.38. The zero-order valence-electron chi connectivity index (χ0n) is 7.38. The molecule has 0 spiro atoms. The Morgan fingerprint density at radius 3 is 2.07 bits per heavy atom. The molecule has 1 nitrogen and oxygen atoms in total. The maximum atomic E-state index is 11.8. The van der Waals surface area contributed by atoms with Gasteiger partial charge in [0.2, 0.25) is 0 Å². The Labute approximate surface area is 85.3 Å². The van der Waals surface area contributed by atoms with E-state index >= 15 is 0 Å². The van der Waals surface area contributed by atoms with E-state index in [-0.39, 0.29) is 11.0 Å². The maximum absolute atomic E-state index is 11.8. The van der Waals surface area contributed by atoms with Crippen molar-refractivity contribution < 1.29 is 17.9 Å². The molecule has 0 heterocycles. The molecule has 0 aromatic heterocycles. The third-order valence-electron chi connectivity index (χ3n) is 1.60. The molecule has 0 aliphatic carbocycles. The molecule has 0 aliphatic rings. The van der Waals surface area contributed by atoms with Crippen LogP contribution < -0.4 is 4.74 Å². The highest BCUT2D eigenvalue weighted by molar-refractivity contribution is 7.80. The van der Waals surface area contributed by atoms with E-state index in [1.807, 2.05) is 6.92 Å². The van der Waals surface area contributed by atoms with Crippen molar-refractivity contribution in [2.75, 3.05) is 0 Å². The van der Waals surface area contributed by atoms with E-state index in [0.29, 0.717) is 0 Å². The molecule has 5 heteroatoms. The molecular formula is C9H9F3OS. The van der Waals surface area contributed by atoms with Crippen molar-refractivity contribution in [1.82, 2.24) is 0 Å². The average molecular weight is 222 g/mol. The summed E-state index contributed by atoms with van der Waals surface area (Å²) in [5.74, 6) is -0.213. The molecule has 0 radical (unpaired) electrons. The zero-order chi connectivity index (χ0) is 10.8. The Morgan fingerprint density at radius 1 is 1.21 bits per heavy atom. The van der Waals surface area contributed by atoms with Crippen molar-refractivity contribution in [3.05, 3.63) is 29.8 Å². The lowest BCUT2D eigenvalue weighted by Crippen LogP contribution is -2.17. The molecule has 0 bridgehead atoms. The average Bonchev–Trinajstić information content (AvgIpc) is 2.02. The van der Waals surface area contributed by atoms with Gasteiger partial charge in [-0.15, -0.1) is 13.2 Å². The second-order valence-corrected chi connectivity index (χ2v) is 3.57. The first kappa shape index (κ1) is 11.2. The van der Waals surface area contributed by atoms with Crippen LogP contribution in [0, 0.1) is 0 Å². The largest absolute Gasteiger partial charge is 0.573 e. The van der Waals surface area contributed by atoms with Gasteiger partial charge in [-0.3, -0.25) is 0 Å². The first-order valence-corrected chi connectivity index (χ1v) is 4.44. The fourth-order valence-electron chi connectivity index (χ4n) is 0.948. The van der Waals surface area contributed by atoms with Gasteiger partial charge in [0, 0.05) is 5.25 Å². The molecule has 78 valence electrons. The Hall–Kier alpha value is -0.840. The number of thiol groups is 1. The van der Waals surface area contributed by atoms with Crippen LogP contribution in [-0.2, 0) is 0 Å². The minimum atomic E-state index is -4.63. The number of hydrogen-bond acceptors (Lipinski definition) is 2. The van der Waals surface area contributed by atoms with Gasteiger partial charge in [-0.05, 0) is 24.6 Å².